The van der Waals surface area contributed by atoms with Gasteiger partial charge in [-0.2, -0.15) is 0 Å². The topological polar surface area (TPSA) is 110 Å². The van der Waals surface area contributed by atoms with Gasteiger partial charge in [0.25, 0.3) is 5.69 Å². The fourth-order valence-corrected chi connectivity index (χ4v) is 2.07. The van der Waals surface area contributed by atoms with E-state index in [1.165, 1.54) is 12.1 Å². The van der Waals surface area contributed by atoms with Gasteiger partial charge in [-0.1, -0.05) is 0 Å². The third kappa shape index (κ3) is 2.87. The largest absolute Gasteiger partial charge is 0.481 e. The molecule has 0 bridgehead atoms. The van der Waals surface area contributed by atoms with E-state index in [9.17, 15) is 19.7 Å². The van der Waals surface area contributed by atoms with Gasteiger partial charge in [-0.05, 0) is 24.5 Å². The van der Waals surface area contributed by atoms with E-state index >= 15 is 0 Å². The SMILES string of the molecule is O=C(O)CCc1cc2c(cc1[N+](=O)[O-])CCC(=O)N2. The number of aryl methyl sites for hydroxylation is 2. The lowest BCUT2D eigenvalue weighted by atomic mass is 9.97. The van der Waals surface area contributed by atoms with Crippen molar-refractivity contribution in [3.8, 4) is 0 Å². The van der Waals surface area contributed by atoms with Crippen molar-refractivity contribution in [3.63, 3.8) is 0 Å². The van der Waals surface area contributed by atoms with E-state index < -0.39 is 10.9 Å². The van der Waals surface area contributed by atoms with Crippen molar-refractivity contribution in [2.45, 2.75) is 25.7 Å². The van der Waals surface area contributed by atoms with Crippen LogP contribution in [0.2, 0.25) is 0 Å². The molecule has 1 aromatic carbocycles. The van der Waals surface area contributed by atoms with E-state index in [2.05, 4.69) is 5.32 Å². The molecule has 0 radical (unpaired) electrons. The van der Waals surface area contributed by atoms with Crippen molar-refractivity contribution >= 4 is 23.3 Å². The van der Waals surface area contributed by atoms with Crippen LogP contribution in [0.15, 0.2) is 12.1 Å². The second-order valence-corrected chi connectivity index (χ2v) is 4.34. The predicted molar refractivity (Wildman–Crippen MR) is 66.0 cm³/mol. The van der Waals surface area contributed by atoms with Gasteiger partial charge < -0.3 is 10.4 Å². The number of amides is 1. The summed E-state index contributed by atoms with van der Waals surface area (Å²) in [5.41, 5.74) is 1.50. The molecule has 19 heavy (non-hydrogen) atoms. The molecule has 0 fully saturated rings. The van der Waals surface area contributed by atoms with Crippen LogP contribution in [-0.2, 0) is 22.4 Å². The van der Waals surface area contributed by atoms with Crippen LogP contribution in [0.1, 0.15) is 24.0 Å². The van der Waals surface area contributed by atoms with Crippen molar-refractivity contribution in [1.82, 2.24) is 0 Å². The number of aliphatic carboxylic acids is 1. The molecule has 1 amide bonds. The summed E-state index contributed by atoms with van der Waals surface area (Å²) in [4.78, 5) is 32.3. The lowest BCUT2D eigenvalue weighted by Gasteiger charge is -2.17. The number of benzene rings is 1. The number of nitro benzene ring substituents is 1. The quantitative estimate of drug-likeness (QED) is 0.632. The standard InChI is InChI=1S/C12H12N2O5/c15-11-3-1-7-6-10(14(18)19)8(2-4-12(16)17)5-9(7)13-11/h5-6H,1-4H2,(H,13,15)(H,16,17). The van der Waals surface area contributed by atoms with E-state index in [0.29, 0.717) is 29.7 Å². The predicted octanol–water partition coefficient (Wildman–Crippen LogP) is 1.50. The maximum absolute atomic E-state index is 11.3. The van der Waals surface area contributed by atoms with Gasteiger partial charge in [0, 0.05) is 30.2 Å². The number of carbonyl (C=O) groups is 2. The Hall–Kier alpha value is -2.44. The summed E-state index contributed by atoms with van der Waals surface area (Å²) in [5, 5.41) is 22.3. The normalized spacial score (nSPS) is 13.6. The van der Waals surface area contributed by atoms with E-state index in [1.807, 2.05) is 0 Å². The first-order valence-corrected chi connectivity index (χ1v) is 5.79. The molecule has 1 aliphatic heterocycles. The van der Waals surface area contributed by atoms with Gasteiger partial charge >= 0.3 is 5.97 Å². The van der Waals surface area contributed by atoms with Crippen molar-refractivity contribution in [1.29, 1.82) is 0 Å². The van der Waals surface area contributed by atoms with E-state index in [0.717, 1.165) is 0 Å². The van der Waals surface area contributed by atoms with Crippen LogP contribution in [0.5, 0.6) is 0 Å². The number of hydrogen-bond acceptors (Lipinski definition) is 4. The molecule has 2 rings (SSSR count). The molecule has 0 saturated heterocycles. The minimum Gasteiger partial charge on any atom is -0.481 e. The number of nitrogens with one attached hydrogen (secondary N) is 1. The Morgan fingerprint density at radius 1 is 1.42 bits per heavy atom. The van der Waals surface area contributed by atoms with Crippen molar-refractivity contribution in [2.75, 3.05) is 5.32 Å². The average Bonchev–Trinajstić information content (AvgIpc) is 2.34. The zero-order valence-electron chi connectivity index (χ0n) is 10.0. The van der Waals surface area contributed by atoms with Crippen LogP contribution < -0.4 is 5.32 Å². The third-order valence-electron chi connectivity index (χ3n) is 3.00. The van der Waals surface area contributed by atoms with Crippen LogP contribution in [0.25, 0.3) is 0 Å². The van der Waals surface area contributed by atoms with Gasteiger partial charge in [0.1, 0.15) is 0 Å². The van der Waals surface area contributed by atoms with Crippen LogP contribution >= 0.6 is 0 Å². The molecule has 0 spiro atoms. The second-order valence-electron chi connectivity index (χ2n) is 4.34. The Kier molecular flexibility index (Phi) is 3.46. The van der Waals surface area contributed by atoms with Crippen molar-refractivity contribution in [2.24, 2.45) is 0 Å². The minimum absolute atomic E-state index is 0.0643. The van der Waals surface area contributed by atoms with Crippen molar-refractivity contribution < 1.29 is 19.6 Å². The molecule has 0 aromatic heterocycles. The Bertz CT molecular complexity index is 567. The van der Waals surface area contributed by atoms with Crippen molar-refractivity contribution in [3.05, 3.63) is 33.4 Å². The monoisotopic (exact) mass is 264 g/mol. The molecule has 7 heteroatoms. The second kappa shape index (κ2) is 5.05. The summed E-state index contributed by atoms with van der Waals surface area (Å²) < 4.78 is 0. The first kappa shape index (κ1) is 13.0. The van der Waals surface area contributed by atoms with Crippen LogP contribution in [0, 0.1) is 10.1 Å². The zero-order chi connectivity index (χ0) is 14.0. The highest BCUT2D eigenvalue weighted by Crippen LogP contribution is 2.31. The average molecular weight is 264 g/mol. The Morgan fingerprint density at radius 2 is 2.16 bits per heavy atom. The summed E-state index contributed by atoms with van der Waals surface area (Å²) in [7, 11) is 0. The molecular weight excluding hydrogens is 252 g/mol. The number of fused-ring (bicyclic) bond motifs is 1. The molecule has 0 saturated carbocycles. The van der Waals surface area contributed by atoms with Crippen LogP contribution in [0.3, 0.4) is 0 Å². The Morgan fingerprint density at radius 3 is 2.79 bits per heavy atom. The Labute approximate surface area is 108 Å². The number of rotatable bonds is 4. The van der Waals surface area contributed by atoms with E-state index in [-0.39, 0.29) is 24.4 Å². The first-order chi connectivity index (χ1) is 8.97. The molecule has 0 aliphatic carbocycles. The smallest absolute Gasteiger partial charge is 0.303 e. The summed E-state index contributed by atoms with van der Waals surface area (Å²) >= 11 is 0. The number of nitrogens with zero attached hydrogens (tertiary/aromatic N) is 1. The molecule has 1 aliphatic rings. The first-order valence-electron chi connectivity index (χ1n) is 5.79. The number of anilines is 1. The zero-order valence-corrected chi connectivity index (χ0v) is 10.0. The van der Waals surface area contributed by atoms with Gasteiger partial charge in [-0.25, -0.2) is 0 Å². The number of carboxylic acid groups (broad SMARTS) is 1. The number of nitro groups is 1. The fourth-order valence-electron chi connectivity index (χ4n) is 2.07. The summed E-state index contributed by atoms with van der Waals surface area (Å²) in [6.45, 7) is 0. The molecule has 1 aromatic rings. The number of hydrogen-bond donors (Lipinski definition) is 2. The van der Waals surface area contributed by atoms with Gasteiger partial charge in [0.2, 0.25) is 5.91 Å². The van der Waals surface area contributed by atoms with Crippen LogP contribution in [-0.4, -0.2) is 21.9 Å². The highest BCUT2D eigenvalue weighted by atomic mass is 16.6. The molecule has 1 heterocycles. The van der Waals surface area contributed by atoms with E-state index in [1.54, 1.807) is 0 Å². The summed E-state index contributed by atoms with van der Waals surface area (Å²) in [6, 6.07) is 2.93. The number of carboxylic acids is 1. The molecule has 0 atom stereocenters. The fraction of sp³-hybridized carbons (Fsp3) is 0.333. The lowest BCUT2D eigenvalue weighted by molar-refractivity contribution is -0.385. The molecule has 100 valence electrons. The van der Waals surface area contributed by atoms with Gasteiger partial charge in [0.15, 0.2) is 0 Å². The third-order valence-corrected chi connectivity index (χ3v) is 3.00. The number of carbonyl (C=O) groups excluding carboxylic acids is 1. The highest BCUT2D eigenvalue weighted by molar-refractivity contribution is 5.94. The van der Waals surface area contributed by atoms with Gasteiger partial charge in [-0.3, -0.25) is 19.7 Å². The highest BCUT2D eigenvalue weighted by Gasteiger charge is 2.22. The van der Waals surface area contributed by atoms with E-state index in [4.69, 9.17) is 5.11 Å². The maximum atomic E-state index is 11.3. The summed E-state index contributed by atoms with van der Waals surface area (Å²) in [6.07, 6.45) is 0.641. The lowest BCUT2D eigenvalue weighted by Crippen LogP contribution is -2.19. The van der Waals surface area contributed by atoms with Gasteiger partial charge in [0.05, 0.1) is 4.92 Å². The molecule has 2 N–H and O–H groups in total. The molecule has 0 unspecified atom stereocenters. The Balaban J connectivity index is 2.39. The minimum atomic E-state index is -1.02. The molecule has 7 nitrogen and oxygen atoms in total. The maximum Gasteiger partial charge on any atom is 0.303 e. The molecular formula is C12H12N2O5. The van der Waals surface area contributed by atoms with Crippen LogP contribution in [0.4, 0.5) is 11.4 Å². The summed E-state index contributed by atoms with van der Waals surface area (Å²) in [5.74, 6) is -1.15. The van der Waals surface area contributed by atoms with Gasteiger partial charge in [-0.15, -0.1) is 0 Å².